The fraction of sp³-hybridized carbons (Fsp3) is 0.0952. The molecule has 0 unspecified atom stereocenters. The van der Waals surface area contributed by atoms with E-state index in [1.165, 1.54) is 23.1 Å². The molecular weight excluding hydrogens is 360 g/mol. The summed E-state index contributed by atoms with van der Waals surface area (Å²) in [5.41, 5.74) is 0.779. The van der Waals surface area contributed by atoms with Gasteiger partial charge in [0.15, 0.2) is 5.82 Å². The summed E-state index contributed by atoms with van der Waals surface area (Å²) in [6, 6.07) is 15.2. The number of carbonyl (C=O) groups excluding carboxylic acids is 2. The lowest BCUT2D eigenvalue weighted by Gasteiger charge is -2.22. The van der Waals surface area contributed by atoms with Crippen LogP contribution in [0.1, 0.15) is 22.9 Å². The van der Waals surface area contributed by atoms with Gasteiger partial charge < -0.3 is 14.7 Å². The number of aromatic hydroxyl groups is 1. The predicted molar refractivity (Wildman–Crippen MR) is 101 cm³/mol. The zero-order chi connectivity index (χ0) is 19.8. The van der Waals surface area contributed by atoms with E-state index in [9.17, 15) is 19.8 Å². The Kier molecular flexibility index (Phi) is 4.19. The molecule has 0 saturated carbocycles. The van der Waals surface area contributed by atoms with Crippen molar-refractivity contribution in [2.45, 2.75) is 13.0 Å². The number of phenols is 1. The van der Waals surface area contributed by atoms with Gasteiger partial charge >= 0.3 is 5.91 Å². The first-order valence-corrected chi connectivity index (χ1v) is 8.56. The van der Waals surface area contributed by atoms with Crippen molar-refractivity contribution in [1.29, 1.82) is 0 Å². The number of aryl methyl sites for hydroxylation is 1. The topological polar surface area (TPSA) is 104 Å². The van der Waals surface area contributed by atoms with Gasteiger partial charge in [0.2, 0.25) is 0 Å². The molecule has 1 aromatic heterocycles. The first-order chi connectivity index (χ1) is 13.5. The van der Waals surface area contributed by atoms with E-state index in [0.717, 1.165) is 0 Å². The highest BCUT2D eigenvalue weighted by Crippen LogP contribution is 2.42. The van der Waals surface area contributed by atoms with Gasteiger partial charge in [-0.05, 0) is 24.6 Å². The van der Waals surface area contributed by atoms with Crippen molar-refractivity contribution in [2.75, 3.05) is 4.90 Å². The van der Waals surface area contributed by atoms with Crippen LogP contribution in [0.2, 0.25) is 0 Å². The third kappa shape index (κ3) is 2.83. The Balaban J connectivity index is 1.96. The second kappa shape index (κ2) is 6.70. The molecule has 2 aromatic carbocycles. The van der Waals surface area contributed by atoms with Gasteiger partial charge in [-0.3, -0.25) is 14.5 Å². The Labute approximate surface area is 160 Å². The van der Waals surface area contributed by atoms with Crippen molar-refractivity contribution >= 4 is 23.3 Å². The number of ketones is 1. The van der Waals surface area contributed by atoms with E-state index >= 15 is 0 Å². The molecule has 140 valence electrons. The Morgan fingerprint density at radius 1 is 1.07 bits per heavy atom. The molecular formula is C21H16N2O5. The van der Waals surface area contributed by atoms with Gasteiger partial charge in [-0.25, -0.2) is 0 Å². The normalized spacial score (nSPS) is 18.6. The van der Waals surface area contributed by atoms with Crippen LogP contribution in [0.4, 0.5) is 5.82 Å². The molecule has 0 spiro atoms. The highest BCUT2D eigenvalue weighted by molar-refractivity contribution is 6.51. The third-order valence-electron chi connectivity index (χ3n) is 4.54. The number of hydrogen-bond acceptors (Lipinski definition) is 6. The molecule has 0 aliphatic carbocycles. The van der Waals surface area contributed by atoms with E-state index in [1.807, 2.05) is 0 Å². The van der Waals surface area contributed by atoms with Crippen molar-refractivity contribution in [3.63, 3.8) is 0 Å². The molecule has 0 bridgehead atoms. The summed E-state index contributed by atoms with van der Waals surface area (Å²) in [6.07, 6.45) is 0. The lowest BCUT2D eigenvalue weighted by molar-refractivity contribution is -0.132. The summed E-state index contributed by atoms with van der Waals surface area (Å²) in [5, 5.41) is 24.6. The van der Waals surface area contributed by atoms with E-state index in [0.29, 0.717) is 16.9 Å². The quantitative estimate of drug-likeness (QED) is 0.413. The number of aromatic nitrogens is 1. The van der Waals surface area contributed by atoms with E-state index in [4.69, 9.17) is 4.52 Å². The van der Waals surface area contributed by atoms with Gasteiger partial charge in [-0.15, -0.1) is 0 Å². The smallest absolute Gasteiger partial charge is 0.301 e. The molecule has 4 rings (SSSR count). The van der Waals surface area contributed by atoms with Crippen LogP contribution < -0.4 is 4.90 Å². The second-order valence-corrected chi connectivity index (χ2v) is 6.43. The number of carbonyl (C=O) groups is 2. The molecule has 1 fully saturated rings. The van der Waals surface area contributed by atoms with E-state index in [2.05, 4.69) is 5.16 Å². The predicted octanol–water partition coefficient (Wildman–Crippen LogP) is 3.31. The number of aliphatic hydroxyl groups excluding tert-OH is 1. The highest BCUT2D eigenvalue weighted by atomic mass is 16.5. The van der Waals surface area contributed by atoms with Gasteiger partial charge in [0.1, 0.15) is 17.3 Å². The van der Waals surface area contributed by atoms with Crippen LogP contribution in [-0.2, 0) is 9.59 Å². The number of nitrogens with zero attached hydrogens (tertiary/aromatic N) is 2. The number of amides is 1. The lowest BCUT2D eigenvalue weighted by atomic mass is 9.95. The Morgan fingerprint density at radius 2 is 1.82 bits per heavy atom. The van der Waals surface area contributed by atoms with Crippen molar-refractivity contribution < 1.29 is 24.3 Å². The van der Waals surface area contributed by atoms with Crippen molar-refractivity contribution in [2.24, 2.45) is 0 Å². The van der Waals surface area contributed by atoms with Crippen molar-refractivity contribution in [1.82, 2.24) is 5.16 Å². The summed E-state index contributed by atoms with van der Waals surface area (Å²) in [5.74, 6) is -1.38. The van der Waals surface area contributed by atoms with E-state index < -0.39 is 17.7 Å². The molecule has 1 aliphatic rings. The average molecular weight is 376 g/mol. The van der Waals surface area contributed by atoms with Crippen molar-refractivity contribution in [3.8, 4) is 5.75 Å². The lowest BCUT2D eigenvalue weighted by Crippen LogP contribution is -2.29. The minimum atomic E-state index is -0.961. The minimum absolute atomic E-state index is 0.0286. The van der Waals surface area contributed by atoms with Gasteiger partial charge in [0.25, 0.3) is 5.78 Å². The van der Waals surface area contributed by atoms with Crippen LogP contribution >= 0.6 is 0 Å². The van der Waals surface area contributed by atoms with Crippen LogP contribution in [0.25, 0.3) is 5.76 Å². The maximum absolute atomic E-state index is 12.8. The molecule has 1 amide bonds. The first kappa shape index (κ1) is 17.5. The summed E-state index contributed by atoms with van der Waals surface area (Å²) < 4.78 is 5.07. The third-order valence-corrected chi connectivity index (χ3v) is 4.54. The molecule has 7 nitrogen and oxygen atoms in total. The van der Waals surface area contributed by atoms with Crippen LogP contribution in [-0.4, -0.2) is 27.1 Å². The van der Waals surface area contributed by atoms with Gasteiger partial charge in [0.05, 0.1) is 11.6 Å². The average Bonchev–Trinajstić information content (AvgIpc) is 3.23. The molecule has 1 atom stereocenters. The van der Waals surface area contributed by atoms with Crippen LogP contribution in [0.5, 0.6) is 5.75 Å². The first-order valence-electron chi connectivity index (χ1n) is 8.56. The van der Waals surface area contributed by atoms with Crippen LogP contribution in [0.15, 0.2) is 70.8 Å². The van der Waals surface area contributed by atoms with Crippen LogP contribution in [0.3, 0.4) is 0 Å². The minimum Gasteiger partial charge on any atom is -0.508 e. The Hall–Kier alpha value is -3.87. The SMILES string of the molecule is Cc1cc(N2C(=O)C(=O)C(=C(O)c3ccccc3)[C@@H]2c2cccc(O)c2)no1. The standard InChI is InChI=1S/C21H16N2O5/c1-12-10-16(22-28-12)23-18(14-8-5-9-15(24)11-14)17(20(26)21(23)27)19(25)13-6-3-2-4-7-13/h2-11,18,24-25H,1H3/t18-/m0/s1. The fourth-order valence-corrected chi connectivity index (χ4v) is 3.30. The molecule has 2 heterocycles. The molecule has 1 aliphatic heterocycles. The maximum Gasteiger partial charge on any atom is 0.301 e. The summed E-state index contributed by atoms with van der Waals surface area (Å²) >= 11 is 0. The molecule has 3 aromatic rings. The molecule has 7 heteroatoms. The highest BCUT2D eigenvalue weighted by Gasteiger charge is 2.48. The van der Waals surface area contributed by atoms with Gasteiger partial charge in [-0.1, -0.05) is 47.6 Å². The van der Waals surface area contributed by atoms with Gasteiger partial charge in [0, 0.05) is 11.6 Å². The second-order valence-electron chi connectivity index (χ2n) is 6.43. The zero-order valence-electron chi connectivity index (χ0n) is 14.9. The molecule has 2 N–H and O–H groups in total. The Morgan fingerprint density at radius 3 is 2.46 bits per heavy atom. The van der Waals surface area contributed by atoms with Crippen molar-refractivity contribution in [3.05, 3.63) is 83.1 Å². The zero-order valence-corrected chi connectivity index (χ0v) is 14.9. The van der Waals surface area contributed by atoms with E-state index in [1.54, 1.807) is 49.4 Å². The number of anilines is 1. The summed E-state index contributed by atoms with van der Waals surface area (Å²) in [7, 11) is 0. The molecule has 1 saturated heterocycles. The summed E-state index contributed by atoms with van der Waals surface area (Å²) in [4.78, 5) is 26.8. The largest absolute Gasteiger partial charge is 0.508 e. The molecule has 28 heavy (non-hydrogen) atoms. The maximum atomic E-state index is 12.8. The molecule has 0 radical (unpaired) electrons. The Bertz CT molecular complexity index is 1100. The number of aliphatic hydroxyl groups is 1. The van der Waals surface area contributed by atoms with Gasteiger partial charge in [-0.2, -0.15) is 0 Å². The van der Waals surface area contributed by atoms with E-state index in [-0.39, 0.29) is 22.9 Å². The number of phenolic OH excluding ortho intramolecular Hbond substituents is 1. The number of Topliss-reactive ketones (excluding diaryl/α,β-unsaturated/α-hetero) is 1. The number of rotatable bonds is 3. The monoisotopic (exact) mass is 376 g/mol. The van der Waals surface area contributed by atoms with Crippen LogP contribution in [0, 0.1) is 6.92 Å². The fourth-order valence-electron chi connectivity index (χ4n) is 3.30. The summed E-state index contributed by atoms with van der Waals surface area (Å²) in [6.45, 7) is 1.67. The number of benzene rings is 2. The number of hydrogen-bond donors (Lipinski definition) is 2.